The lowest BCUT2D eigenvalue weighted by Gasteiger charge is -2.22. The zero-order valence-corrected chi connectivity index (χ0v) is 5.67. The molecule has 2 nitrogen and oxygen atoms in total. The Bertz CT molecular complexity index is 108. The highest BCUT2D eigenvalue weighted by Crippen LogP contribution is 2.34. The largest absolute Gasteiger partial charge is 0.391 e. The third kappa shape index (κ3) is 0.700. The highest BCUT2D eigenvalue weighted by Gasteiger charge is 2.42. The first-order valence-electron chi connectivity index (χ1n) is 3.71. The summed E-state index contributed by atoms with van der Waals surface area (Å²) in [5.74, 6) is 0.755. The second-order valence-corrected chi connectivity index (χ2v) is 3.36. The van der Waals surface area contributed by atoms with Gasteiger partial charge in [0.05, 0.1) is 6.10 Å². The molecule has 0 radical (unpaired) electrons. The topological polar surface area (TPSA) is 32.3 Å². The average molecular weight is 127 g/mol. The van der Waals surface area contributed by atoms with E-state index in [0.717, 1.165) is 12.3 Å². The third-order valence-corrected chi connectivity index (χ3v) is 2.75. The van der Waals surface area contributed by atoms with E-state index in [1.165, 1.54) is 6.42 Å². The first kappa shape index (κ1) is 5.69. The molecule has 2 aliphatic rings. The van der Waals surface area contributed by atoms with Crippen LogP contribution in [0.15, 0.2) is 0 Å². The second-order valence-electron chi connectivity index (χ2n) is 3.36. The van der Waals surface area contributed by atoms with E-state index in [-0.39, 0.29) is 6.10 Å². The summed E-state index contributed by atoms with van der Waals surface area (Å²) in [5.41, 5.74) is 0. The van der Waals surface area contributed by atoms with Crippen molar-refractivity contribution in [1.82, 2.24) is 5.32 Å². The Morgan fingerprint density at radius 1 is 1.44 bits per heavy atom. The van der Waals surface area contributed by atoms with Gasteiger partial charge in [-0.15, -0.1) is 0 Å². The molecule has 0 spiro atoms. The van der Waals surface area contributed by atoms with Gasteiger partial charge in [-0.25, -0.2) is 0 Å². The van der Waals surface area contributed by atoms with Crippen LogP contribution >= 0.6 is 0 Å². The van der Waals surface area contributed by atoms with E-state index in [2.05, 4.69) is 12.2 Å². The Hall–Kier alpha value is -0.0800. The molecule has 0 amide bonds. The Morgan fingerprint density at radius 2 is 2.22 bits per heavy atom. The van der Waals surface area contributed by atoms with E-state index in [1.807, 2.05) is 0 Å². The van der Waals surface area contributed by atoms with Gasteiger partial charge in [0.25, 0.3) is 0 Å². The Kier molecular flexibility index (Phi) is 1.08. The van der Waals surface area contributed by atoms with Crippen LogP contribution in [-0.2, 0) is 0 Å². The highest BCUT2D eigenvalue weighted by molar-refractivity contribution is 4.99. The lowest BCUT2D eigenvalue weighted by molar-refractivity contribution is 0.122. The van der Waals surface area contributed by atoms with Crippen LogP contribution in [0.25, 0.3) is 0 Å². The minimum absolute atomic E-state index is 0.0498. The second kappa shape index (κ2) is 1.70. The van der Waals surface area contributed by atoms with Gasteiger partial charge in [-0.2, -0.15) is 0 Å². The molecule has 4 unspecified atom stereocenters. The molecule has 0 aromatic carbocycles. The van der Waals surface area contributed by atoms with Gasteiger partial charge in [0, 0.05) is 12.1 Å². The van der Waals surface area contributed by atoms with Gasteiger partial charge in [-0.05, 0) is 25.7 Å². The van der Waals surface area contributed by atoms with Crippen molar-refractivity contribution in [3.8, 4) is 0 Å². The maximum atomic E-state index is 9.27. The van der Waals surface area contributed by atoms with Crippen molar-refractivity contribution in [2.24, 2.45) is 5.92 Å². The van der Waals surface area contributed by atoms with Gasteiger partial charge in [-0.1, -0.05) is 0 Å². The van der Waals surface area contributed by atoms with Crippen LogP contribution in [-0.4, -0.2) is 23.3 Å². The molecule has 2 fully saturated rings. The van der Waals surface area contributed by atoms with Gasteiger partial charge >= 0.3 is 0 Å². The minimum atomic E-state index is -0.0498. The van der Waals surface area contributed by atoms with Crippen molar-refractivity contribution in [3.05, 3.63) is 0 Å². The fourth-order valence-electron chi connectivity index (χ4n) is 2.12. The van der Waals surface area contributed by atoms with E-state index in [1.54, 1.807) is 0 Å². The lowest BCUT2D eigenvalue weighted by Crippen LogP contribution is -2.41. The maximum Gasteiger partial charge on any atom is 0.0696 e. The molecule has 2 rings (SSSR count). The molecule has 2 bridgehead atoms. The quantitative estimate of drug-likeness (QED) is 0.484. The number of aliphatic hydroxyl groups is 1. The maximum absolute atomic E-state index is 9.27. The molecule has 0 aromatic rings. The van der Waals surface area contributed by atoms with Gasteiger partial charge in [0.2, 0.25) is 0 Å². The molecular formula is C7H13NO. The summed E-state index contributed by atoms with van der Waals surface area (Å²) < 4.78 is 0. The van der Waals surface area contributed by atoms with Crippen molar-refractivity contribution < 1.29 is 5.11 Å². The normalized spacial score (nSPS) is 56.7. The molecule has 1 aliphatic heterocycles. The van der Waals surface area contributed by atoms with Crippen LogP contribution in [0.5, 0.6) is 0 Å². The van der Waals surface area contributed by atoms with Crippen LogP contribution in [0.2, 0.25) is 0 Å². The Balaban J connectivity index is 2.10. The summed E-state index contributed by atoms with van der Waals surface area (Å²) in [7, 11) is 0. The molecule has 2 heteroatoms. The summed E-state index contributed by atoms with van der Waals surface area (Å²) in [4.78, 5) is 0. The van der Waals surface area contributed by atoms with Crippen LogP contribution in [0.4, 0.5) is 0 Å². The zero-order chi connectivity index (χ0) is 6.43. The monoisotopic (exact) mass is 127 g/mol. The van der Waals surface area contributed by atoms with E-state index >= 15 is 0 Å². The van der Waals surface area contributed by atoms with Crippen LogP contribution < -0.4 is 5.32 Å². The van der Waals surface area contributed by atoms with Crippen molar-refractivity contribution in [2.45, 2.75) is 38.0 Å². The number of hydrogen-bond donors (Lipinski definition) is 2. The van der Waals surface area contributed by atoms with Crippen LogP contribution in [0.1, 0.15) is 19.8 Å². The summed E-state index contributed by atoms with van der Waals surface area (Å²) in [6.07, 6.45) is 2.17. The molecule has 1 heterocycles. The van der Waals surface area contributed by atoms with Crippen molar-refractivity contribution in [1.29, 1.82) is 0 Å². The molecule has 1 saturated heterocycles. The highest BCUT2D eigenvalue weighted by atomic mass is 16.3. The number of piperidine rings is 1. The summed E-state index contributed by atoms with van der Waals surface area (Å²) in [5, 5.41) is 12.6. The van der Waals surface area contributed by atoms with Gasteiger partial charge < -0.3 is 10.4 Å². The molecule has 52 valence electrons. The molecule has 0 aromatic heterocycles. The first-order chi connectivity index (χ1) is 4.27. The third-order valence-electron chi connectivity index (χ3n) is 2.75. The van der Waals surface area contributed by atoms with Gasteiger partial charge in [0.15, 0.2) is 0 Å². The number of aliphatic hydroxyl groups excluding tert-OH is 1. The van der Waals surface area contributed by atoms with Crippen molar-refractivity contribution in [3.63, 3.8) is 0 Å². The van der Waals surface area contributed by atoms with Crippen molar-refractivity contribution >= 4 is 0 Å². The van der Waals surface area contributed by atoms with Crippen LogP contribution in [0, 0.1) is 5.92 Å². The molecule has 1 aliphatic carbocycles. The molecule has 1 saturated carbocycles. The lowest BCUT2D eigenvalue weighted by atomic mass is 10.0. The standard InChI is InChI=1S/C7H13NO/c1-4-5-2-6(8-4)7(9)3-5/h4-9H,2-3H2,1H3. The smallest absolute Gasteiger partial charge is 0.0696 e. The fraction of sp³-hybridized carbons (Fsp3) is 1.00. The first-order valence-corrected chi connectivity index (χ1v) is 3.71. The number of hydrogen-bond acceptors (Lipinski definition) is 2. The number of rotatable bonds is 0. The van der Waals surface area contributed by atoms with Crippen LogP contribution in [0.3, 0.4) is 0 Å². The van der Waals surface area contributed by atoms with Gasteiger partial charge in [0.1, 0.15) is 0 Å². The van der Waals surface area contributed by atoms with E-state index in [4.69, 9.17) is 0 Å². The minimum Gasteiger partial charge on any atom is -0.391 e. The van der Waals surface area contributed by atoms with E-state index in [0.29, 0.717) is 12.1 Å². The molecular weight excluding hydrogens is 114 g/mol. The molecule has 2 N–H and O–H groups in total. The van der Waals surface area contributed by atoms with Gasteiger partial charge in [-0.3, -0.25) is 0 Å². The Labute approximate surface area is 55.3 Å². The zero-order valence-electron chi connectivity index (χ0n) is 5.67. The predicted molar refractivity (Wildman–Crippen MR) is 35.1 cm³/mol. The van der Waals surface area contributed by atoms with Crippen molar-refractivity contribution in [2.75, 3.05) is 0 Å². The number of fused-ring (bicyclic) bond motifs is 2. The van der Waals surface area contributed by atoms with E-state index in [9.17, 15) is 5.11 Å². The Morgan fingerprint density at radius 3 is 2.56 bits per heavy atom. The summed E-state index contributed by atoms with van der Waals surface area (Å²) in [6, 6.07) is 1.07. The van der Waals surface area contributed by atoms with E-state index < -0.39 is 0 Å². The summed E-state index contributed by atoms with van der Waals surface area (Å²) >= 11 is 0. The predicted octanol–water partition coefficient (Wildman–Crippen LogP) is 0.118. The summed E-state index contributed by atoms with van der Waals surface area (Å²) in [6.45, 7) is 2.20. The number of nitrogens with one attached hydrogen (secondary N) is 1. The molecule has 9 heavy (non-hydrogen) atoms. The molecule has 4 atom stereocenters. The average Bonchev–Trinajstić information content (AvgIpc) is 2.24. The fourth-order valence-corrected chi connectivity index (χ4v) is 2.12. The SMILES string of the molecule is CC1NC2CC1CC2O.